The first-order chi connectivity index (χ1) is 18.7. The molecule has 39 heavy (non-hydrogen) atoms. The molecule has 9 heteroatoms. The molecule has 202 valence electrons. The van der Waals surface area contributed by atoms with Crippen LogP contribution in [0.15, 0.2) is 59.2 Å². The van der Waals surface area contributed by atoms with E-state index in [2.05, 4.69) is 0 Å². The standard InChI is InChI=1S/C30H30N2O7/c1-17-10-25(34)23-14-27(35)30(16-33,29(36)39-5)32(15-19-6-7-20(37-3)12-26(19)38-4)28(23)22-11-18-8-9-31(2)24(18)13-21(17)22/h6-14,33,35H,15-16H2,1-5H3. The van der Waals surface area contributed by atoms with Crippen molar-refractivity contribution in [1.29, 1.82) is 0 Å². The average Bonchev–Trinajstić information content (AvgIpc) is 3.26. The summed E-state index contributed by atoms with van der Waals surface area (Å²) in [6, 6.07) is 12.7. The third-order valence-electron chi connectivity index (χ3n) is 7.58. The van der Waals surface area contributed by atoms with E-state index in [0.29, 0.717) is 28.1 Å². The lowest BCUT2D eigenvalue weighted by Gasteiger charge is -2.44. The molecule has 4 aromatic rings. The van der Waals surface area contributed by atoms with E-state index >= 15 is 0 Å². The lowest BCUT2D eigenvalue weighted by atomic mass is 9.87. The summed E-state index contributed by atoms with van der Waals surface area (Å²) in [4.78, 5) is 28.5. The fourth-order valence-corrected chi connectivity index (χ4v) is 5.45. The van der Waals surface area contributed by atoms with Gasteiger partial charge in [0.2, 0.25) is 5.54 Å². The van der Waals surface area contributed by atoms with Crippen LogP contribution in [0.1, 0.15) is 16.7 Å². The number of carbonyl (C=O) groups is 1. The molecule has 0 fully saturated rings. The molecule has 3 aromatic carbocycles. The van der Waals surface area contributed by atoms with Gasteiger partial charge in [0.25, 0.3) is 0 Å². The van der Waals surface area contributed by atoms with E-state index in [1.165, 1.54) is 26.4 Å². The molecule has 0 saturated carbocycles. The summed E-state index contributed by atoms with van der Waals surface area (Å²) in [6.45, 7) is 1.03. The molecular weight excluding hydrogens is 500 g/mol. The van der Waals surface area contributed by atoms with Crippen LogP contribution in [-0.4, -0.2) is 54.2 Å². The molecular formula is C30H30N2O7. The van der Waals surface area contributed by atoms with E-state index in [1.54, 1.807) is 30.2 Å². The van der Waals surface area contributed by atoms with Crippen molar-refractivity contribution < 1.29 is 29.2 Å². The van der Waals surface area contributed by atoms with Crippen molar-refractivity contribution in [3.63, 3.8) is 0 Å². The second-order valence-corrected chi connectivity index (χ2v) is 9.64. The Morgan fingerprint density at radius 2 is 1.79 bits per heavy atom. The van der Waals surface area contributed by atoms with Crippen LogP contribution in [0, 0.1) is 6.92 Å². The number of nitrogens with zero attached hydrogens (tertiary/aromatic N) is 2. The monoisotopic (exact) mass is 530 g/mol. The number of carbonyl (C=O) groups excluding carboxylic acids is 1. The zero-order valence-electron chi connectivity index (χ0n) is 22.4. The van der Waals surface area contributed by atoms with Crippen LogP contribution < -0.4 is 19.8 Å². The highest BCUT2D eigenvalue weighted by molar-refractivity contribution is 6.08. The molecule has 0 spiro atoms. The molecule has 0 radical (unpaired) electrons. The number of ether oxygens (including phenoxy) is 3. The minimum absolute atomic E-state index is 0.0157. The lowest BCUT2D eigenvalue weighted by Crippen LogP contribution is -2.61. The van der Waals surface area contributed by atoms with Gasteiger partial charge < -0.3 is 33.9 Å². The first-order valence-corrected chi connectivity index (χ1v) is 12.4. The molecule has 1 atom stereocenters. The number of anilines is 1. The number of aryl methyl sites for hydroxylation is 2. The molecule has 1 aliphatic heterocycles. The third kappa shape index (κ3) is 3.88. The quantitative estimate of drug-likeness (QED) is 0.362. The van der Waals surface area contributed by atoms with Crippen LogP contribution in [0.2, 0.25) is 0 Å². The zero-order valence-corrected chi connectivity index (χ0v) is 22.4. The van der Waals surface area contributed by atoms with Crippen LogP contribution in [0.25, 0.3) is 27.8 Å². The van der Waals surface area contributed by atoms with Crippen molar-refractivity contribution in [2.75, 3.05) is 32.8 Å². The van der Waals surface area contributed by atoms with Gasteiger partial charge in [0.1, 0.15) is 17.3 Å². The van der Waals surface area contributed by atoms with E-state index in [-0.39, 0.29) is 17.5 Å². The summed E-state index contributed by atoms with van der Waals surface area (Å²) in [7, 11) is 6.19. The number of aliphatic hydroxyl groups is 2. The van der Waals surface area contributed by atoms with Gasteiger partial charge in [-0.1, -0.05) is 0 Å². The lowest BCUT2D eigenvalue weighted by molar-refractivity contribution is -0.148. The van der Waals surface area contributed by atoms with Crippen molar-refractivity contribution >= 4 is 39.4 Å². The summed E-state index contributed by atoms with van der Waals surface area (Å²) in [5.41, 5.74) is 0.569. The summed E-state index contributed by atoms with van der Waals surface area (Å²) in [5.74, 6) is -0.331. The molecule has 0 saturated heterocycles. The molecule has 1 aliphatic rings. The molecule has 0 aliphatic carbocycles. The Bertz CT molecular complexity index is 1720. The first-order valence-electron chi connectivity index (χ1n) is 12.4. The molecule has 1 aromatic heterocycles. The van der Waals surface area contributed by atoms with E-state index in [0.717, 1.165) is 21.9 Å². The molecule has 5 rings (SSSR count). The van der Waals surface area contributed by atoms with Crippen LogP contribution in [0.5, 0.6) is 11.5 Å². The van der Waals surface area contributed by atoms with Crippen molar-refractivity contribution in [3.8, 4) is 11.5 Å². The normalized spacial score (nSPS) is 16.7. The number of aromatic nitrogens is 1. The van der Waals surface area contributed by atoms with Gasteiger partial charge >= 0.3 is 5.97 Å². The Morgan fingerprint density at radius 3 is 2.46 bits per heavy atom. The number of benzene rings is 2. The van der Waals surface area contributed by atoms with Crippen LogP contribution in [0.4, 0.5) is 5.69 Å². The predicted molar refractivity (Wildman–Crippen MR) is 150 cm³/mol. The molecule has 0 bridgehead atoms. The summed E-state index contributed by atoms with van der Waals surface area (Å²) in [5, 5.41) is 24.5. The Kier molecular flexibility index (Phi) is 6.47. The Morgan fingerprint density at radius 1 is 1.03 bits per heavy atom. The Hall–Kier alpha value is -4.50. The topological polar surface area (TPSA) is 110 Å². The number of rotatable bonds is 6. The maximum atomic E-state index is 13.6. The van der Waals surface area contributed by atoms with Crippen molar-refractivity contribution in [2.24, 2.45) is 7.05 Å². The molecule has 1 unspecified atom stereocenters. The van der Waals surface area contributed by atoms with Gasteiger partial charge in [-0.2, -0.15) is 0 Å². The van der Waals surface area contributed by atoms with Gasteiger partial charge in [0, 0.05) is 53.3 Å². The number of hydrogen-bond donors (Lipinski definition) is 2. The minimum atomic E-state index is -2.01. The van der Waals surface area contributed by atoms with Gasteiger partial charge in [0.15, 0.2) is 5.43 Å². The fourth-order valence-electron chi connectivity index (χ4n) is 5.45. The van der Waals surface area contributed by atoms with Crippen molar-refractivity contribution in [3.05, 3.63) is 81.3 Å². The second-order valence-electron chi connectivity index (χ2n) is 9.64. The molecule has 0 amide bonds. The maximum absolute atomic E-state index is 13.6. The Labute approximate surface area is 225 Å². The van der Waals surface area contributed by atoms with Gasteiger partial charge in [-0.15, -0.1) is 0 Å². The number of aliphatic hydroxyl groups excluding tert-OH is 2. The number of hydrogen-bond acceptors (Lipinski definition) is 8. The second kappa shape index (κ2) is 9.67. The van der Waals surface area contributed by atoms with Crippen molar-refractivity contribution in [2.45, 2.75) is 19.0 Å². The highest BCUT2D eigenvalue weighted by atomic mass is 16.5. The van der Waals surface area contributed by atoms with Crippen LogP contribution in [0.3, 0.4) is 0 Å². The van der Waals surface area contributed by atoms with E-state index in [9.17, 15) is 19.8 Å². The minimum Gasteiger partial charge on any atom is -0.509 e. The van der Waals surface area contributed by atoms with Gasteiger partial charge in [0.05, 0.1) is 33.6 Å². The van der Waals surface area contributed by atoms with Gasteiger partial charge in [-0.3, -0.25) is 4.79 Å². The number of esters is 1. The average molecular weight is 531 g/mol. The highest BCUT2D eigenvalue weighted by Gasteiger charge is 2.52. The summed E-state index contributed by atoms with van der Waals surface area (Å²) in [6.07, 6.45) is 3.21. The number of methoxy groups -OCH3 is 3. The third-order valence-corrected chi connectivity index (χ3v) is 7.58. The van der Waals surface area contributed by atoms with E-state index in [4.69, 9.17) is 14.2 Å². The zero-order chi connectivity index (χ0) is 28.1. The van der Waals surface area contributed by atoms with E-state index < -0.39 is 23.9 Å². The van der Waals surface area contributed by atoms with Gasteiger partial charge in [-0.05, 0) is 60.3 Å². The molecule has 9 nitrogen and oxygen atoms in total. The highest BCUT2D eigenvalue weighted by Crippen LogP contribution is 2.44. The van der Waals surface area contributed by atoms with Crippen LogP contribution in [-0.2, 0) is 23.1 Å². The molecule has 2 heterocycles. The fraction of sp³-hybridized carbons (Fsp3) is 0.267. The van der Waals surface area contributed by atoms with Crippen LogP contribution >= 0.6 is 0 Å². The predicted octanol–water partition coefficient (Wildman–Crippen LogP) is 3.84. The molecule has 2 N–H and O–H groups in total. The Balaban J connectivity index is 1.93. The summed E-state index contributed by atoms with van der Waals surface area (Å²) < 4.78 is 18.1. The summed E-state index contributed by atoms with van der Waals surface area (Å²) >= 11 is 0. The smallest absolute Gasteiger partial charge is 0.342 e. The maximum Gasteiger partial charge on any atom is 0.342 e. The van der Waals surface area contributed by atoms with E-state index in [1.807, 2.05) is 42.9 Å². The largest absolute Gasteiger partial charge is 0.509 e. The number of fused-ring (bicyclic) bond motifs is 4. The van der Waals surface area contributed by atoms with Gasteiger partial charge in [-0.25, -0.2) is 4.79 Å². The SMILES string of the molecule is COC(=O)C1(CO)C(O)=Cc2c(c3cc4ccn(C)c4cc3c(C)cc2=O)N1Cc1ccc(OC)cc1OC. The first kappa shape index (κ1) is 26.1. The van der Waals surface area contributed by atoms with Crippen molar-refractivity contribution in [1.82, 2.24) is 4.57 Å².